The molecule has 3 aromatic carbocycles. The second-order valence-electron chi connectivity index (χ2n) is 12.2. The summed E-state index contributed by atoms with van der Waals surface area (Å²) < 4.78 is 18.8. The van der Waals surface area contributed by atoms with Crippen LogP contribution in [0.5, 0.6) is 23.0 Å². The molecule has 236 valence electrons. The predicted octanol–water partition coefficient (Wildman–Crippen LogP) is 7.80. The number of benzene rings is 3. The second kappa shape index (κ2) is 14.5. The van der Waals surface area contributed by atoms with Crippen LogP contribution in [0.2, 0.25) is 0 Å². The lowest BCUT2D eigenvalue weighted by Gasteiger charge is -2.47. The van der Waals surface area contributed by atoms with Gasteiger partial charge < -0.3 is 30.2 Å². The summed E-state index contributed by atoms with van der Waals surface area (Å²) in [5.41, 5.74) is 1.53. The molecule has 3 aromatic rings. The van der Waals surface area contributed by atoms with E-state index in [1.807, 2.05) is 26.0 Å². The molecule has 0 saturated heterocycles. The van der Waals surface area contributed by atoms with Crippen molar-refractivity contribution in [1.29, 1.82) is 0 Å². The summed E-state index contributed by atoms with van der Waals surface area (Å²) >= 11 is 0. The first-order chi connectivity index (χ1) is 21.1. The van der Waals surface area contributed by atoms with Crippen LogP contribution in [0.1, 0.15) is 69.2 Å². The first kappa shape index (κ1) is 32.7. The van der Waals surface area contributed by atoms with Crippen LogP contribution < -0.4 is 30.2 Å². The zero-order valence-corrected chi connectivity index (χ0v) is 26.9. The van der Waals surface area contributed by atoms with Gasteiger partial charge in [-0.2, -0.15) is 0 Å². The number of quaternary nitrogens is 1. The molecule has 1 aliphatic rings. The standard InChI is InChI=1S/C35H46N4O5/c1-7-26(8-2)37-34(41)38-28-16-21-31(32(24-28)42-6)43-29-19-14-27(15-20-29)36-33(40)25-12-17-30(18-13-25)44-35(39(3,4)5)22-10-9-11-23-35/h12-21,24,26H,7-11,22-23H2,1-6H3,(H2-,36,37,38,40,41)/p+1. The van der Waals surface area contributed by atoms with Gasteiger partial charge in [0.05, 0.1) is 28.3 Å². The first-order valence-corrected chi connectivity index (χ1v) is 15.5. The summed E-state index contributed by atoms with van der Waals surface area (Å²) in [6.45, 7) is 4.08. The van der Waals surface area contributed by atoms with Crippen molar-refractivity contribution < 1.29 is 28.3 Å². The summed E-state index contributed by atoms with van der Waals surface area (Å²) in [6.07, 6.45) is 7.34. The van der Waals surface area contributed by atoms with Crippen LogP contribution in [-0.2, 0) is 0 Å². The molecule has 9 nitrogen and oxygen atoms in total. The van der Waals surface area contributed by atoms with Gasteiger partial charge in [-0.3, -0.25) is 9.28 Å². The molecule has 0 atom stereocenters. The highest BCUT2D eigenvalue weighted by molar-refractivity contribution is 6.04. The molecule has 1 aliphatic carbocycles. The Morgan fingerprint density at radius 3 is 2.00 bits per heavy atom. The Labute approximate surface area is 261 Å². The highest BCUT2D eigenvalue weighted by Gasteiger charge is 2.46. The molecule has 0 unspecified atom stereocenters. The summed E-state index contributed by atoms with van der Waals surface area (Å²) in [4.78, 5) is 25.3. The van der Waals surface area contributed by atoms with Crippen LogP contribution in [0.15, 0.2) is 66.7 Å². The highest BCUT2D eigenvalue weighted by atomic mass is 16.5. The Morgan fingerprint density at radius 1 is 0.795 bits per heavy atom. The van der Waals surface area contributed by atoms with Gasteiger partial charge in [0.1, 0.15) is 11.5 Å². The summed E-state index contributed by atoms with van der Waals surface area (Å²) in [6, 6.07) is 19.5. The number of anilines is 2. The van der Waals surface area contributed by atoms with Crippen molar-refractivity contribution in [1.82, 2.24) is 5.32 Å². The van der Waals surface area contributed by atoms with Crippen LogP contribution in [-0.4, -0.2) is 56.4 Å². The maximum atomic E-state index is 13.0. The van der Waals surface area contributed by atoms with E-state index in [-0.39, 0.29) is 23.7 Å². The van der Waals surface area contributed by atoms with Gasteiger partial charge in [-0.15, -0.1) is 0 Å². The average molecular weight is 604 g/mol. The van der Waals surface area contributed by atoms with Crippen LogP contribution in [0.4, 0.5) is 16.2 Å². The SMILES string of the molecule is CCC(CC)NC(=O)Nc1ccc(Oc2ccc(NC(=O)c3ccc(OC4([N+](C)(C)C)CCCCC4)cc3)cc2)c(OC)c1. The molecule has 0 bridgehead atoms. The number of methoxy groups -OCH3 is 1. The maximum absolute atomic E-state index is 13.0. The number of hydrogen-bond acceptors (Lipinski definition) is 5. The third-order valence-corrected chi connectivity index (χ3v) is 8.36. The second-order valence-corrected chi connectivity index (χ2v) is 12.2. The van der Waals surface area contributed by atoms with E-state index < -0.39 is 0 Å². The van der Waals surface area contributed by atoms with E-state index in [1.54, 1.807) is 61.7 Å². The Hall–Kier alpha value is -4.24. The zero-order valence-electron chi connectivity index (χ0n) is 26.9. The van der Waals surface area contributed by atoms with E-state index >= 15 is 0 Å². The van der Waals surface area contributed by atoms with E-state index in [9.17, 15) is 9.59 Å². The normalized spacial score (nSPS) is 14.4. The van der Waals surface area contributed by atoms with Crippen molar-refractivity contribution in [2.24, 2.45) is 0 Å². The minimum absolute atomic E-state index is 0.124. The predicted molar refractivity (Wildman–Crippen MR) is 175 cm³/mol. The third kappa shape index (κ3) is 8.23. The molecule has 0 aliphatic heterocycles. The van der Waals surface area contributed by atoms with Crippen molar-refractivity contribution in [3.63, 3.8) is 0 Å². The number of carbonyl (C=O) groups is 2. The molecule has 0 aromatic heterocycles. The number of rotatable bonds is 12. The van der Waals surface area contributed by atoms with E-state index in [1.165, 1.54) is 6.42 Å². The number of amides is 3. The Morgan fingerprint density at radius 2 is 1.41 bits per heavy atom. The summed E-state index contributed by atoms with van der Waals surface area (Å²) in [5.74, 6) is 2.12. The molecule has 3 amide bonds. The van der Waals surface area contributed by atoms with Gasteiger partial charge >= 0.3 is 6.03 Å². The van der Waals surface area contributed by atoms with Crippen molar-refractivity contribution in [2.75, 3.05) is 38.9 Å². The van der Waals surface area contributed by atoms with E-state index in [0.29, 0.717) is 34.2 Å². The van der Waals surface area contributed by atoms with Gasteiger partial charge in [-0.05, 0) is 86.3 Å². The lowest BCUT2D eigenvalue weighted by atomic mass is 9.89. The Kier molecular flexibility index (Phi) is 10.8. The van der Waals surface area contributed by atoms with Crippen molar-refractivity contribution in [3.05, 3.63) is 72.3 Å². The minimum Gasteiger partial charge on any atom is -0.493 e. The smallest absolute Gasteiger partial charge is 0.319 e. The topological polar surface area (TPSA) is 97.9 Å². The molecule has 9 heteroatoms. The maximum Gasteiger partial charge on any atom is 0.319 e. The zero-order chi connectivity index (χ0) is 31.7. The summed E-state index contributed by atoms with van der Waals surface area (Å²) in [5, 5.41) is 8.73. The number of hydrogen-bond donors (Lipinski definition) is 3. The average Bonchev–Trinajstić information content (AvgIpc) is 3.01. The lowest BCUT2D eigenvalue weighted by molar-refractivity contribution is -0.947. The number of urea groups is 1. The summed E-state index contributed by atoms with van der Waals surface area (Å²) in [7, 11) is 8.11. The van der Waals surface area contributed by atoms with Crippen LogP contribution >= 0.6 is 0 Å². The quantitative estimate of drug-likeness (QED) is 0.145. The fourth-order valence-corrected chi connectivity index (χ4v) is 5.52. The molecule has 1 saturated carbocycles. The molecule has 1 fully saturated rings. The van der Waals surface area contributed by atoms with E-state index in [2.05, 4.69) is 37.1 Å². The van der Waals surface area contributed by atoms with Crippen molar-refractivity contribution >= 4 is 23.3 Å². The van der Waals surface area contributed by atoms with Gasteiger partial charge in [0.25, 0.3) is 5.91 Å². The Balaban J connectivity index is 1.34. The first-order valence-electron chi connectivity index (χ1n) is 15.5. The monoisotopic (exact) mass is 603 g/mol. The van der Waals surface area contributed by atoms with Gasteiger partial charge in [-0.25, -0.2) is 4.79 Å². The van der Waals surface area contributed by atoms with E-state index in [4.69, 9.17) is 14.2 Å². The molecule has 0 heterocycles. The lowest BCUT2D eigenvalue weighted by Crippen LogP contribution is -2.61. The number of carbonyl (C=O) groups excluding carboxylic acids is 2. The third-order valence-electron chi connectivity index (χ3n) is 8.36. The van der Waals surface area contributed by atoms with Crippen LogP contribution in [0, 0.1) is 0 Å². The molecule has 3 N–H and O–H groups in total. The molecular weight excluding hydrogens is 556 g/mol. The van der Waals surface area contributed by atoms with Gasteiger partial charge in [0.15, 0.2) is 11.5 Å². The van der Waals surface area contributed by atoms with Crippen molar-refractivity contribution in [3.8, 4) is 23.0 Å². The molecular formula is C35H47N4O5+. The van der Waals surface area contributed by atoms with Gasteiger partial charge in [0, 0.05) is 41.9 Å². The largest absolute Gasteiger partial charge is 0.493 e. The Bertz CT molecular complexity index is 1390. The fraction of sp³-hybridized carbons (Fsp3) is 0.429. The number of nitrogens with zero attached hydrogens (tertiary/aromatic N) is 1. The fourth-order valence-electron chi connectivity index (χ4n) is 5.52. The van der Waals surface area contributed by atoms with E-state index in [0.717, 1.165) is 48.8 Å². The molecule has 4 rings (SSSR count). The highest BCUT2D eigenvalue weighted by Crippen LogP contribution is 2.38. The molecule has 44 heavy (non-hydrogen) atoms. The van der Waals surface area contributed by atoms with Crippen LogP contribution in [0.25, 0.3) is 0 Å². The minimum atomic E-state index is -0.260. The van der Waals surface area contributed by atoms with Crippen LogP contribution in [0.3, 0.4) is 0 Å². The van der Waals surface area contributed by atoms with Crippen molar-refractivity contribution in [2.45, 2.75) is 70.6 Å². The molecule has 0 radical (unpaired) electrons. The number of nitrogens with one attached hydrogen (secondary N) is 3. The molecule has 0 spiro atoms. The van der Waals surface area contributed by atoms with Gasteiger partial charge in [-0.1, -0.05) is 20.3 Å². The number of ether oxygens (including phenoxy) is 3. The van der Waals surface area contributed by atoms with Gasteiger partial charge in [0.2, 0.25) is 5.72 Å².